The molecule has 2 heterocycles. The molecule has 1 aromatic carbocycles. The Morgan fingerprint density at radius 1 is 0.667 bits per heavy atom. The average Bonchev–Trinajstić information content (AvgIpc) is 2.77. The maximum Gasteiger partial charge on any atom is 0.164 e. The van der Waals surface area contributed by atoms with Crippen LogP contribution in [0.3, 0.4) is 0 Å². The summed E-state index contributed by atoms with van der Waals surface area (Å²) >= 11 is 0. The summed E-state index contributed by atoms with van der Waals surface area (Å²) in [5.41, 5.74) is 2.99. The van der Waals surface area contributed by atoms with Crippen LogP contribution in [0.15, 0.2) is 53.5 Å². The fourth-order valence-corrected chi connectivity index (χ4v) is 2.48. The van der Waals surface area contributed by atoms with Crippen LogP contribution >= 0.6 is 0 Å². The first-order valence-electron chi connectivity index (χ1n) is 9.77. The van der Waals surface area contributed by atoms with Crippen molar-refractivity contribution in [3.05, 3.63) is 59.9 Å². The van der Waals surface area contributed by atoms with Gasteiger partial charge in [0.25, 0.3) is 0 Å². The molecule has 1 aliphatic heterocycles. The van der Waals surface area contributed by atoms with Gasteiger partial charge in [-0.3, -0.25) is 4.98 Å². The lowest BCUT2D eigenvalue weighted by molar-refractivity contribution is 0.0473. The van der Waals surface area contributed by atoms with Crippen LogP contribution in [0.2, 0.25) is 0 Å². The van der Waals surface area contributed by atoms with Crippen molar-refractivity contribution < 1.29 is 18.9 Å². The third-order valence-corrected chi connectivity index (χ3v) is 3.87. The van der Waals surface area contributed by atoms with Gasteiger partial charge in [-0.15, -0.1) is 0 Å². The van der Waals surface area contributed by atoms with Gasteiger partial charge in [0.1, 0.15) is 13.2 Å². The van der Waals surface area contributed by atoms with E-state index in [1.54, 1.807) is 0 Å². The first kappa shape index (κ1) is 21.7. The maximum absolute atomic E-state index is 5.61. The number of pyridine rings is 1. The first-order chi connectivity index (χ1) is 14.9. The largest absolute Gasteiger partial charge is 0.373 e. The zero-order valence-electron chi connectivity index (χ0n) is 16.8. The number of hydrogen-bond acceptors (Lipinski definition) is 6. The Hall–Kier alpha value is -3.00. The molecule has 1 aromatic heterocycles. The molecule has 0 N–H and O–H groups in total. The van der Waals surface area contributed by atoms with Crippen molar-refractivity contribution in [2.45, 2.75) is 13.2 Å². The molecular weight excluding hydrogens is 380 g/mol. The average molecular weight is 404 g/mol. The van der Waals surface area contributed by atoms with Crippen molar-refractivity contribution in [3.8, 4) is 23.7 Å². The SMILES string of the molecule is C1#CC(=Nc2ccccc2)C#CCOCCOCc2cccc(n2)COCCOC1. The molecule has 2 bridgehead atoms. The van der Waals surface area contributed by atoms with Crippen molar-refractivity contribution in [2.75, 3.05) is 39.6 Å². The highest BCUT2D eigenvalue weighted by molar-refractivity contribution is 6.14. The number of benzene rings is 1. The molecule has 0 aliphatic carbocycles. The Labute approximate surface area is 177 Å². The number of ether oxygens (including phenoxy) is 4. The van der Waals surface area contributed by atoms with Gasteiger partial charge in [0.2, 0.25) is 0 Å². The zero-order chi connectivity index (χ0) is 20.7. The quantitative estimate of drug-likeness (QED) is 0.684. The normalized spacial score (nSPS) is 16.3. The highest BCUT2D eigenvalue weighted by Crippen LogP contribution is 2.09. The molecule has 1 aliphatic rings. The van der Waals surface area contributed by atoms with Gasteiger partial charge in [0.05, 0.1) is 56.7 Å². The molecule has 2 aromatic rings. The van der Waals surface area contributed by atoms with E-state index in [2.05, 4.69) is 33.7 Å². The molecule has 0 saturated carbocycles. The lowest BCUT2D eigenvalue weighted by Crippen LogP contribution is -2.08. The van der Waals surface area contributed by atoms with Gasteiger partial charge in [0.15, 0.2) is 5.71 Å². The summed E-state index contributed by atoms with van der Waals surface area (Å²) in [5, 5.41) is 0. The van der Waals surface area contributed by atoms with Gasteiger partial charge < -0.3 is 18.9 Å². The molecule has 6 heteroatoms. The highest BCUT2D eigenvalue weighted by Gasteiger charge is 2.00. The van der Waals surface area contributed by atoms with Crippen LogP contribution in [0, 0.1) is 23.7 Å². The third-order valence-electron chi connectivity index (χ3n) is 3.87. The predicted molar refractivity (Wildman–Crippen MR) is 114 cm³/mol. The van der Waals surface area contributed by atoms with Gasteiger partial charge in [-0.05, 0) is 36.1 Å². The lowest BCUT2D eigenvalue weighted by atomic mass is 10.3. The van der Waals surface area contributed by atoms with Crippen LogP contribution in [0.5, 0.6) is 0 Å². The third kappa shape index (κ3) is 8.57. The van der Waals surface area contributed by atoms with Gasteiger partial charge >= 0.3 is 0 Å². The number of rotatable bonds is 1. The van der Waals surface area contributed by atoms with Gasteiger partial charge in [-0.2, -0.15) is 0 Å². The summed E-state index contributed by atoms with van der Waals surface area (Å²) in [7, 11) is 0. The standard InChI is InChI=1S/C24H24N2O4/c1-2-7-21(8-3-1)25-22-11-5-13-27-15-17-29-19-23-9-4-10-24(26-23)20-30-18-16-28-14-6-12-22/h1-4,7-10H,13-20H2. The molecule has 30 heavy (non-hydrogen) atoms. The van der Waals surface area contributed by atoms with Crippen molar-refractivity contribution in [3.63, 3.8) is 0 Å². The lowest BCUT2D eigenvalue weighted by Gasteiger charge is -2.07. The molecule has 154 valence electrons. The van der Waals surface area contributed by atoms with Gasteiger partial charge in [0, 0.05) is 0 Å². The molecular formula is C24H24N2O4. The van der Waals surface area contributed by atoms with E-state index < -0.39 is 0 Å². The first-order valence-corrected chi connectivity index (χ1v) is 9.77. The van der Waals surface area contributed by atoms with Crippen LogP contribution in [0.1, 0.15) is 11.4 Å². The van der Waals surface area contributed by atoms with E-state index in [4.69, 9.17) is 18.9 Å². The fraction of sp³-hybridized carbons (Fsp3) is 0.333. The highest BCUT2D eigenvalue weighted by atomic mass is 16.5. The van der Waals surface area contributed by atoms with E-state index >= 15 is 0 Å². The number of aromatic nitrogens is 1. The number of nitrogens with zero attached hydrogens (tertiary/aromatic N) is 2. The van der Waals surface area contributed by atoms with Gasteiger partial charge in [-0.25, -0.2) is 4.99 Å². The topological polar surface area (TPSA) is 62.2 Å². The second-order valence-electron chi connectivity index (χ2n) is 6.23. The smallest absolute Gasteiger partial charge is 0.164 e. The molecule has 0 spiro atoms. The Morgan fingerprint density at radius 2 is 1.23 bits per heavy atom. The number of fused-ring (bicyclic) bond motifs is 2. The molecule has 0 unspecified atom stereocenters. The van der Waals surface area contributed by atoms with Crippen LogP contribution in [0.25, 0.3) is 0 Å². The van der Waals surface area contributed by atoms with E-state index in [-0.39, 0.29) is 13.2 Å². The summed E-state index contributed by atoms with van der Waals surface area (Å²) in [6.07, 6.45) is 0. The molecule has 0 atom stereocenters. The molecule has 0 fully saturated rings. The van der Waals surface area contributed by atoms with E-state index in [9.17, 15) is 0 Å². The number of para-hydroxylation sites is 1. The van der Waals surface area contributed by atoms with Gasteiger partial charge in [-0.1, -0.05) is 36.1 Å². The van der Waals surface area contributed by atoms with E-state index in [1.807, 2.05) is 48.5 Å². The monoisotopic (exact) mass is 404 g/mol. The summed E-state index contributed by atoms with van der Waals surface area (Å²) in [5.74, 6) is 11.8. The molecule has 6 nitrogen and oxygen atoms in total. The minimum Gasteiger partial charge on any atom is -0.373 e. The summed E-state index contributed by atoms with van der Waals surface area (Å²) in [6.45, 7) is 3.23. The van der Waals surface area contributed by atoms with Crippen molar-refractivity contribution in [1.29, 1.82) is 0 Å². The van der Waals surface area contributed by atoms with Crippen molar-refractivity contribution >= 4 is 11.4 Å². The minimum atomic E-state index is 0.278. The molecule has 3 rings (SSSR count). The zero-order valence-corrected chi connectivity index (χ0v) is 16.8. The summed E-state index contributed by atoms with van der Waals surface area (Å²) in [4.78, 5) is 9.00. The molecule has 0 saturated heterocycles. The Balaban J connectivity index is 1.61. The summed E-state index contributed by atoms with van der Waals surface area (Å²) in [6, 6.07) is 15.4. The number of hydrogen-bond donors (Lipinski definition) is 0. The minimum absolute atomic E-state index is 0.278. The van der Waals surface area contributed by atoms with Crippen LogP contribution in [-0.2, 0) is 32.2 Å². The second-order valence-corrected chi connectivity index (χ2v) is 6.23. The van der Waals surface area contributed by atoms with Crippen LogP contribution in [0.4, 0.5) is 5.69 Å². The summed E-state index contributed by atoms with van der Waals surface area (Å²) < 4.78 is 22.2. The fourth-order valence-electron chi connectivity index (χ4n) is 2.48. The molecule has 0 amide bonds. The molecule has 0 radical (unpaired) electrons. The Morgan fingerprint density at radius 3 is 1.83 bits per heavy atom. The van der Waals surface area contributed by atoms with Crippen LogP contribution < -0.4 is 0 Å². The van der Waals surface area contributed by atoms with E-state index in [1.165, 1.54) is 0 Å². The van der Waals surface area contributed by atoms with Crippen molar-refractivity contribution in [2.24, 2.45) is 4.99 Å². The second kappa shape index (κ2) is 13.3. The van der Waals surface area contributed by atoms with E-state index in [0.717, 1.165) is 17.1 Å². The van der Waals surface area contributed by atoms with E-state index in [0.29, 0.717) is 45.4 Å². The Bertz CT molecular complexity index is 885. The van der Waals surface area contributed by atoms with Crippen molar-refractivity contribution in [1.82, 2.24) is 4.98 Å². The predicted octanol–water partition coefficient (Wildman–Crippen LogP) is 2.94. The van der Waals surface area contributed by atoms with Crippen LogP contribution in [-0.4, -0.2) is 50.3 Å². The number of aliphatic imine (C=N–C) groups is 1. The maximum atomic E-state index is 5.61. The Kier molecular flexibility index (Phi) is 9.60.